The van der Waals surface area contributed by atoms with Crippen LogP contribution in [0.15, 0.2) is 48.5 Å². The van der Waals surface area contributed by atoms with Crippen molar-refractivity contribution in [3.8, 4) is 0 Å². The molecule has 5 heteroatoms. The van der Waals surface area contributed by atoms with Gasteiger partial charge in [-0.2, -0.15) is 0 Å². The Hall–Kier alpha value is -2.40. The minimum absolute atomic E-state index is 0.157. The van der Waals surface area contributed by atoms with Gasteiger partial charge in [0.05, 0.1) is 0 Å². The Balaban J connectivity index is 1.41. The first-order valence-corrected chi connectivity index (χ1v) is 9.18. The van der Waals surface area contributed by atoms with E-state index < -0.39 is 0 Å². The first-order valence-electron chi connectivity index (χ1n) is 9.18. The summed E-state index contributed by atoms with van der Waals surface area (Å²) in [5.74, 6) is -0.489. The summed E-state index contributed by atoms with van der Waals surface area (Å²) in [7, 11) is 2.16. The average Bonchev–Trinajstić information content (AvgIpc) is 2.67. The zero-order valence-corrected chi connectivity index (χ0v) is 15.2. The van der Waals surface area contributed by atoms with E-state index in [1.54, 1.807) is 0 Å². The highest BCUT2D eigenvalue weighted by Gasteiger charge is 2.13. The second kappa shape index (κ2) is 8.81. The molecule has 0 aromatic heterocycles. The van der Waals surface area contributed by atoms with Crippen molar-refractivity contribution in [2.24, 2.45) is 0 Å². The Bertz CT molecular complexity index is 707. The van der Waals surface area contributed by atoms with E-state index in [2.05, 4.69) is 46.4 Å². The molecule has 1 aliphatic heterocycles. The van der Waals surface area contributed by atoms with Crippen LogP contribution in [-0.2, 0) is 6.42 Å². The molecule has 0 bridgehead atoms. The summed E-state index contributed by atoms with van der Waals surface area (Å²) in [4.78, 5) is 16.7. The van der Waals surface area contributed by atoms with Gasteiger partial charge in [-0.15, -0.1) is 0 Å². The maximum atomic E-state index is 12.9. The number of carbonyl (C=O) groups is 1. The van der Waals surface area contributed by atoms with E-state index >= 15 is 0 Å². The number of anilines is 1. The molecule has 1 N–H and O–H groups in total. The van der Waals surface area contributed by atoms with Gasteiger partial charge >= 0.3 is 0 Å². The number of hydrogen-bond donors (Lipinski definition) is 1. The van der Waals surface area contributed by atoms with Gasteiger partial charge in [0, 0.05) is 44.0 Å². The normalized spacial score (nSPS) is 15.1. The number of amides is 1. The lowest BCUT2D eigenvalue weighted by Gasteiger charge is -2.34. The van der Waals surface area contributed by atoms with E-state index in [9.17, 15) is 9.18 Å². The minimum Gasteiger partial charge on any atom is -0.369 e. The maximum absolute atomic E-state index is 12.9. The number of nitrogens with one attached hydrogen (secondary N) is 1. The highest BCUT2D eigenvalue weighted by Crippen LogP contribution is 2.17. The van der Waals surface area contributed by atoms with Crippen molar-refractivity contribution >= 4 is 11.6 Å². The molecule has 26 heavy (non-hydrogen) atoms. The number of likely N-dealkylation sites (N-methyl/N-ethyl adjacent to an activating group) is 1. The molecule has 0 radical (unpaired) electrons. The Labute approximate surface area is 154 Å². The summed E-state index contributed by atoms with van der Waals surface area (Å²) < 4.78 is 12.9. The molecule has 0 spiro atoms. The Morgan fingerprint density at radius 1 is 1.00 bits per heavy atom. The van der Waals surface area contributed by atoms with Crippen molar-refractivity contribution in [3.63, 3.8) is 0 Å². The third kappa shape index (κ3) is 5.05. The minimum atomic E-state index is -0.332. The predicted molar refractivity (Wildman–Crippen MR) is 103 cm³/mol. The molecule has 0 saturated carbocycles. The molecule has 3 rings (SSSR count). The molecule has 1 amide bonds. The van der Waals surface area contributed by atoms with Crippen molar-refractivity contribution < 1.29 is 9.18 Å². The first-order chi connectivity index (χ1) is 12.6. The molecular weight excluding hydrogens is 329 g/mol. The lowest BCUT2D eigenvalue weighted by atomic mass is 10.1. The second-order valence-corrected chi connectivity index (χ2v) is 6.82. The van der Waals surface area contributed by atoms with Crippen LogP contribution in [0.3, 0.4) is 0 Å². The monoisotopic (exact) mass is 355 g/mol. The van der Waals surface area contributed by atoms with Crippen molar-refractivity contribution in [3.05, 3.63) is 65.5 Å². The van der Waals surface area contributed by atoms with Gasteiger partial charge in [0.2, 0.25) is 0 Å². The molecule has 0 aliphatic carbocycles. The smallest absolute Gasteiger partial charge is 0.251 e. The predicted octanol–water partition coefficient (Wildman–Crippen LogP) is 2.94. The van der Waals surface area contributed by atoms with Gasteiger partial charge in [-0.05, 0) is 61.9 Å². The fourth-order valence-corrected chi connectivity index (χ4v) is 3.14. The SMILES string of the molecule is CN1CCN(c2ccc(CCCNC(=O)c3ccc(F)cc3)cc2)CC1. The van der Waals surface area contributed by atoms with Crippen LogP contribution in [0, 0.1) is 5.82 Å². The zero-order valence-electron chi connectivity index (χ0n) is 15.2. The lowest BCUT2D eigenvalue weighted by molar-refractivity contribution is 0.0953. The van der Waals surface area contributed by atoms with E-state index in [1.807, 2.05) is 0 Å². The van der Waals surface area contributed by atoms with Crippen LogP contribution in [0.25, 0.3) is 0 Å². The summed E-state index contributed by atoms with van der Waals surface area (Å²) in [6, 6.07) is 14.3. The van der Waals surface area contributed by atoms with Gasteiger partial charge in [-0.1, -0.05) is 12.1 Å². The standard InChI is InChI=1S/C21H26FN3O/c1-24-13-15-25(16-14-24)20-10-4-17(5-11-20)3-2-12-23-21(26)18-6-8-19(22)9-7-18/h4-11H,2-3,12-16H2,1H3,(H,23,26). The number of hydrogen-bond acceptors (Lipinski definition) is 3. The number of benzene rings is 2. The Morgan fingerprint density at radius 3 is 2.31 bits per heavy atom. The van der Waals surface area contributed by atoms with Crippen molar-refractivity contribution in [1.29, 1.82) is 0 Å². The number of aryl methyl sites for hydroxylation is 1. The largest absolute Gasteiger partial charge is 0.369 e. The third-order valence-corrected chi connectivity index (χ3v) is 4.84. The number of halogens is 1. The van der Waals surface area contributed by atoms with Crippen LogP contribution >= 0.6 is 0 Å². The summed E-state index contributed by atoms with van der Waals surface area (Å²) in [5, 5.41) is 2.88. The van der Waals surface area contributed by atoms with Gasteiger partial charge in [-0.25, -0.2) is 4.39 Å². The van der Waals surface area contributed by atoms with Crippen LogP contribution in [-0.4, -0.2) is 50.6 Å². The molecule has 138 valence electrons. The summed E-state index contributed by atoms with van der Waals surface area (Å²) in [6.45, 7) is 4.97. The van der Waals surface area contributed by atoms with E-state index in [1.165, 1.54) is 35.5 Å². The molecule has 1 fully saturated rings. The van der Waals surface area contributed by atoms with E-state index in [0.29, 0.717) is 12.1 Å². The van der Waals surface area contributed by atoms with Crippen LogP contribution in [0.1, 0.15) is 22.3 Å². The van der Waals surface area contributed by atoms with Gasteiger partial charge < -0.3 is 15.1 Å². The van der Waals surface area contributed by atoms with E-state index in [-0.39, 0.29) is 11.7 Å². The fraction of sp³-hybridized carbons (Fsp3) is 0.381. The van der Waals surface area contributed by atoms with Crippen LogP contribution in [0.2, 0.25) is 0 Å². The summed E-state index contributed by atoms with van der Waals surface area (Å²) in [5.41, 5.74) is 3.05. The van der Waals surface area contributed by atoms with Crippen LogP contribution < -0.4 is 10.2 Å². The van der Waals surface area contributed by atoms with Gasteiger partial charge in [0.15, 0.2) is 0 Å². The zero-order chi connectivity index (χ0) is 18.4. The number of rotatable bonds is 6. The first kappa shape index (κ1) is 18.4. The lowest BCUT2D eigenvalue weighted by Crippen LogP contribution is -2.44. The van der Waals surface area contributed by atoms with Gasteiger partial charge in [-0.3, -0.25) is 4.79 Å². The molecule has 4 nitrogen and oxygen atoms in total. The van der Waals surface area contributed by atoms with Crippen molar-refractivity contribution in [2.75, 3.05) is 44.7 Å². The molecule has 2 aromatic carbocycles. The van der Waals surface area contributed by atoms with Gasteiger partial charge in [0.1, 0.15) is 5.82 Å². The molecular formula is C21H26FN3O. The fourth-order valence-electron chi connectivity index (χ4n) is 3.14. The maximum Gasteiger partial charge on any atom is 0.251 e. The molecule has 2 aromatic rings. The second-order valence-electron chi connectivity index (χ2n) is 6.82. The molecule has 1 aliphatic rings. The topological polar surface area (TPSA) is 35.6 Å². The average molecular weight is 355 g/mol. The molecule has 1 saturated heterocycles. The Morgan fingerprint density at radius 2 is 1.65 bits per heavy atom. The third-order valence-electron chi connectivity index (χ3n) is 4.84. The molecule has 1 heterocycles. The summed E-state index contributed by atoms with van der Waals surface area (Å²) >= 11 is 0. The van der Waals surface area contributed by atoms with Crippen LogP contribution in [0.4, 0.5) is 10.1 Å². The van der Waals surface area contributed by atoms with E-state index in [4.69, 9.17) is 0 Å². The molecule has 0 unspecified atom stereocenters. The molecule has 0 atom stereocenters. The number of piperazine rings is 1. The van der Waals surface area contributed by atoms with Crippen molar-refractivity contribution in [2.45, 2.75) is 12.8 Å². The quantitative estimate of drug-likeness (QED) is 0.810. The number of nitrogens with zero attached hydrogens (tertiary/aromatic N) is 2. The van der Waals surface area contributed by atoms with Crippen molar-refractivity contribution in [1.82, 2.24) is 10.2 Å². The van der Waals surface area contributed by atoms with Crippen LogP contribution in [0.5, 0.6) is 0 Å². The highest BCUT2D eigenvalue weighted by molar-refractivity contribution is 5.94. The number of carbonyl (C=O) groups excluding carboxylic acids is 1. The summed E-state index contributed by atoms with van der Waals surface area (Å²) in [6.07, 6.45) is 1.80. The highest BCUT2D eigenvalue weighted by atomic mass is 19.1. The van der Waals surface area contributed by atoms with E-state index in [0.717, 1.165) is 39.0 Å². The Kier molecular flexibility index (Phi) is 6.23. The van der Waals surface area contributed by atoms with Gasteiger partial charge in [0.25, 0.3) is 5.91 Å².